The molecule has 1 aliphatic heterocycles. The number of nitrogens with zero attached hydrogens (tertiary/aromatic N) is 4. The second-order valence-electron chi connectivity index (χ2n) is 6.70. The number of halogens is 2. The van der Waals surface area contributed by atoms with Crippen LogP contribution < -0.4 is 10.2 Å². The van der Waals surface area contributed by atoms with Crippen molar-refractivity contribution in [2.45, 2.75) is 0 Å². The van der Waals surface area contributed by atoms with E-state index in [9.17, 15) is 13.6 Å². The average molecular weight is 395 g/mol. The number of rotatable bonds is 3. The van der Waals surface area contributed by atoms with Crippen LogP contribution in [0.5, 0.6) is 0 Å². The minimum absolute atomic E-state index is 0.169. The number of benzene rings is 1. The Morgan fingerprint density at radius 3 is 2.52 bits per heavy atom. The topological polar surface area (TPSA) is 61.4 Å². The molecule has 0 unspecified atom stereocenters. The first-order chi connectivity index (χ1) is 14.1. The minimum atomic E-state index is -0.624. The van der Waals surface area contributed by atoms with Gasteiger partial charge in [-0.1, -0.05) is 0 Å². The third kappa shape index (κ3) is 4.31. The second-order valence-corrected chi connectivity index (χ2v) is 6.70. The maximum Gasteiger partial charge on any atom is 0.322 e. The van der Waals surface area contributed by atoms with Gasteiger partial charge in [0.2, 0.25) is 0 Å². The standard InChI is InChI=1S/C21H19F2N5O/c22-16-3-4-19(20(23)11-16)15-10-18(14-25-12-15)27-6-8-28(9-7-27)21(29)26-17-2-1-5-24-13-17/h1-5,10-14H,6-9H2,(H,26,29). The monoisotopic (exact) mass is 395 g/mol. The van der Waals surface area contributed by atoms with E-state index in [1.54, 1.807) is 41.8 Å². The van der Waals surface area contributed by atoms with Gasteiger partial charge in [0.05, 0.1) is 23.8 Å². The maximum absolute atomic E-state index is 14.1. The van der Waals surface area contributed by atoms with Crippen LogP contribution in [-0.2, 0) is 0 Å². The highest BCUT2D eigenvalue weighted by molar-refractivity contribution is 5.89. The number of nitrogens with one attached hydrogen (secondary N) is 1. The van der Waals surface area contributed by atoms with Crippen molar-refractivity contribution in [2.24, 2.45) is 0 Å². The molecule has 0 aliphatic carbocycles. The van der Waals surface area contributed by atoms with E-state index in [0.717, 1.165) is 11.8 Å². The zero-order valence-electron chi connectivity index (χ0n) is 15.6. The summed E-state index contributed by atoms with van der Waals surface area (Å²) in [6.45, 7) is 2.33. The zero-order valence-corrected chi connectivity index (χ0v) is 15.6. The van der Waals surface area contributed by atoms with Crippen molar-refractivity contribution in [3.8, 4) is 11.1 Å². The Hall–Kier alpha value is -3.55. The lowest BCUT2D eigenvalue weighted by Crippen LogP contribution is -2.50. The van der Waals surface area contributed by atoms with E-state index in [-0.39, 0.29) is 6.03 Å². The molecular weight excluding hydrogens is 376 g/mol. The lowest BCUT2D eigenvalue weighted by Gasteiger charge is -2.36. The van der Waals surface area contributed by atoms with Gasteiger partial charge in [-0.05, 0) is 30.3 Å². The van der Waals surface area contributed by atoms with E-state index in [4.69, 9.17) is 0 Å². The third-order valence-electron chi connectivity index (χ3n) is 4.81. The summed E-state index contributed by atoms with van der Waals surface area (Å²) < 4.78 is 27.3. The Morgan fingerprint density at radius 2 is 1.79 bits per heavy atom. The predicted octanol–water partition coefficient (Wildman–Crippen LogP) is 3.78. The van der Waals surface area contributed by atoms with Gasteiger partial charge in [0.1, 0.15) is 11.6 Å². The van der Waals surface area contributed by atoms with Gasteiger partial charge in [-0.25, -0.2) is 13.6 Å². The summed E-state index contributed by atoms with van der Waals surface area (Å²) >= 11 is 0. The van der Waals surface area contributed by atoms with Gasteiger partial charge < -0.3 is 15.1 Å². The van der Waals surface area contributed by atoms with Crippen molar-refractivity contribution >= 4 is 17.4 Å². The maximum atomic E-state index is 14.1. The highest BCUT2D eigenvalue weighted by Crippen LogP contribution is 2.27. The van der Waals surface area contributed by atoms with Crippen LogP contribution in [0.1, 0.15) is 0 Å². The predicted molar refractivity (Wildman–Crippen MR) is 107 cm³/mol. The largest absolute Gasteiger partial charge is 0.367 e. The first-order valence-corrected chi connectivity index (χ1v) is 9.21. The number of hydrogen-bond acceptors (Lipinski definition) is 4. The molecule has 1 saturated heterocycles. The first kappa shape index (κ1) is 18.8. The fraction of sp³-hybridized carbons (Fsp3) is 0.190. The van der Waals surface area contributed by atoms with Gasteiger partial charge in [0.15, 0.2) is 0 Å². The van der Waals surface area contributed by atoms with Crippen molar-refractivity contribution in [1.29, 1.82) is 0 Å². The van der Waals surface area contributed by atoms with Crippen molar-refractivity contribution in [3.05, 3.63) is 72.8 Å². The third-order valence-corrected chi connectivity index (χ3v) is 4.81. The molecule has 29 heavy (non-hydrogen) atoms. The number of urea groups is 1. The molecule has 1 aliphatic rings. The molecule has 148 valence electrons. The van der Waals surface area contributed by atoms with E-state index in [2.05, 4.69) is 20.2 Å². The van der Waals surface area contributed by atoms with Crippen LogP contribution in [0.3, 0.4) is 0 Å². The number of piperazine rings is 1. The van der Waals surface area contributed by atoms with Crippen LogP contribution in [0.4, 0.5) is 25.0 Å². The molecule has 0 saturated carbocycles. The normalized spacial score (nSPS) is 14.0. The molecule has 0 spiro atoms. The number of pyridine rings is 2. The van der Waals surface area contributed by atoms with Crippen LogP contribution in [0, 0.1) is 11.6 Å². The number of carbonyl (C=O) groups is 1. The van der Waals surface area contributed by atoms with Crippen molar-refractivity contribution in [2.75, 3.05) is 36.4 Å². The molecule has 0 atom stereocenters. The van der Waals surface area contributed by atoms with Crippen LogP contribution in [0.25, 0.3) is 11.1 Å². The summed E-state index contributed by atoms with van der Waals surface area (Å²) in [5.74, 6) is -1.24. The van der Waals surface area contributed by atoms with Crippen LogP contribution in [0.15, 0.2) is 61.2 Å². The quantitative estimate of drug-likeness (QED) is 0.733. The summed E-state index contributed by atoms with van der Waals surface area (Å²) in [6.07, 6.45) is 6.50. The first-order valence-electron chi connectivity index (χ1n) is 9.21. The van der Waals surface area contributed by atoms with Crippen molar-refractivity contribution < 1.29 is 13.6 Å². The molecule has 4 rings (SSSR count). The van der Waals surface area contributed by atoms with Gasteiger partial charge in [0.25, 0.3) is 0 Å². The smallest absolute Gasteiger partial charge is 0.322 e. The summed E-state index contributed by atoms with van der Waals surface area (Å²) in [5.41, 5.74) is 2.36. The summed E-state index contributed by atoms with van der Waals surface area (Å²) in [7, 11) is 0. The number of hydrogen-bond donors (Lipinski definition) is 1. The molecule has 3 heterocycles. The van der Waals surface area contributed by atoms with E-state index < -0.39 is 11.6 Å². The molecule has 8 heteroatoms. The average Bonchev–Trinajstić information content (AvgIpc) is 2.75. The van der Waals surface area contributed by atoms with E-state index in [1.165, 1.54) is 12.1 Å². The Balaban J connectivity index is 1.42. The summed E-state index contributed by atoms with van der Waals surface area (Å²) in [5, 5.41) is 2.83. The lowest BCUT2D eigenvalue weighted by atomic mass is 10.1. The summed E-state index contributed by atoms with van der Waals surface area (Å²) in [4.78, 5) is 24.4. The van der Waals surface area contributed by atoms with Crippen LogP contribution in [-0.4, -0.2) is 47.1 Å². The van der Waals surface area contributed by atoms with Gasteiger partial charge >= 0.3 is 6.03 Å². The highest BCUT2D eigenvalue weighted by Gasteiger charge is 2.22. The molecule has 2 amide bonds. The highest BCUT2D eigenvalue weighted by atomic mass is 19.1. The molecule has 2 aromatic heterocycles. The van der Waals surface area contributed by atoms with Gasteiger partial charge in [0, 0.05) is 55.8 Å². The zero-order chi connectivity index (χ0) is 20.2. The van der Waals surface area contributed by atoms with Crippen molar-refractivity contribution in [1.82, 2.24) is 14.9 Å². The molecular formula is C21H19F2N5O. The number of aromatic nitrogens is 2. The second kappa shape index (κ2) is 8.22. The fourth-order valence-electron chi connectivity index (χ4n) is 3.28. The molecule has 1 aromatic carbocycles. The van der Waals surface area contributed by atoms with E-state index >= 15 is 0 Å². The SMILES string of the molecule is O=C(Nc1cccnc1)N1CCN(c2cncc(-c3ccc(F)cc3F)c2)CC1. The van der Waals surface area contributed by atoms with Gasteiger partial charge in [-0.2, -0.15) is 0 Å². The number of carbonyl (C=O) groups excluding carboxylic acids is 1. The fourth-order valence-corrected chi connectivity index (χ4v) is 3.28. The Kier molecular flexibility index (Phi) is 5.33. The molecule has 1 fully saturated rings. The Morgan fingerprint density at radius 1 is 0.966 bits per heavy atom. The molecule has 3 aromatic rings. The van der Waals surface area contributed by atoms with Crippen LogP contribution >= 0.6 is 0 Å². The molecule has 0 bridgehead atoms. The number of anilines is 2. The van der Waals surface area contributed by atoms with E-state index in [1.807, 2.05) is 6.07 Å². The van der Waals surface area contributed by atoms with E-state index in [0.29, 0.717) is 43.0 Å². The lowest BCUT2D eigenvalue weighted by molar-refractivity contribution is 0.208. The Labute approximate surface area is 166 Å². The molecule has 0 radical (unpaired) electrons. The molecule has 6 nitrogen and oxygen atoms in total. The van der Waals surface area contributed by atoms with Crippen molar-refractivity contribution in [3.63, 3.8) is 0 Å². The Bertz CT molecular complexity index is 1010. The van der Waals surface area contributed by atoms with Gasteiger partial charge in [-0.15, -0.1) is 0 Å². The summed E-state index contributed by atoms with van der Waals surface area (Å²) in [6, 6.07) is 8.70. The number of amides is 2. The molecule has 1 N–H and O–H groups in total. The van der Waals surface area contributed by atoms with Crippen LogP contribution in [0.2, 0.25) is 0 Å². The minimum Gasteiger partial charge on any atom is -0.367 e. The van der Waals surface area contributed by atoms with Gasteiger partial charge in [-0.3, -0.25) is 9.97 Å².